The number of rotatable bonds is 7. The van der Waals surface area contributed by atoms with E-state index in [1.165, 1.54) is 17.7 Å². The quantitative estimate of drug-likeness (QED) is 0.338. The summed E-state index contributed by atoms with van der Waals surface area (Å²) in [5, 5.41) is 18.3. The van der Waals surface area contributed by atoms with E-state index in [1.54, 1.807) is 0 Å². The molecule has 4 rings (SSSR count). The van der Waals surface area contributed by atoms with Crippen LogP contribution in [-0.4, -0.2) is 26.4 Å². The molecule has 0 saturated carbocycles. The van der Waals surface area contributed by atoms with Crippen molar-refractivity contribution in [1.29, 1.82) is 0 Å². The van der Waals surface area contributed by atoms with E-state index in [1.807, 2.05) is 55.5 Å². The molecule has 9 heteroatoms. The first kappa shape index (κ1) is 18.8. The first-order valence-corrected chi connectivity index (χ1v) is 9.83. The Bertz CT molecular complexity index is 1160. The smallest absolute Gasteiger partial charge is 0.353 e. The van der Waals surface area contributed by atoms with Crippen LogP contribution in [-0.2, 0) is 6.42 Å². The third kappa shape index (κ3) is 4.30. The van der Waals surface area contributed by atoms with Crippen LogP contribution >= 0.6 is 11.3 Å². The van der Waals surface area contributed by atoms with E-state index in [-0.39, 0.29) is 17.3 Å². The summed E-state index contributed by atoms with van der Waals surface area (Å²) in [4.78, 5) is 23.9. The summed E-state index contributed by atoms with van der Waals surface area (Å²) in [7, 11) is 0. The first-order chi connectivity index (χ1) is 14.1. The van der Waals surface area contributed by atoms with Crippen molar-refractivity contribution in [2.75, 3.05) is 17.2 Å². The third-order valence-electron chi connectivity index (χ3n) is 4.32. The highest BCUT2D eigenvalue weighted by Gasteiger charge is 2.23. The van der Waals surface area contributed by atoms with Crippen LogP contribution in [0.5, 0.6) is 0 Å². The normalized spacial score (nSPS) is 10.8. The van der Waals surface area contributed by atoms with Gasteiger partial charge in [-0.2, -0.15) is 0 Å². The Labute approximate surface area is 170 Å². The van der Waals surface area contributed by atoms with Crippen molar-refractivity contribution in [3.8, 4) is 0 Å². The molecule has 0 fully saturated rings. The Morgan fingerprint density at radius 3 is 2.69 bits per heavy atom. The van der Waals surface area contributed by atoms with Gasteiger partial charge in [-0.25, -0.2) is 15.0 Å². The van der Waals surface area contributed by atoms with Gasteiger partial charge in [-0.1, -0.05) is 47.7 Å². The number of aromatic nitrogens is 3. The molecular formula is C20H18N6O2S. The minimum atomic E-state index is -0.481. The van der Waals surface area contributed by atoms with E-state index in [2.05, 4.69) is 25.6 Å². The van der Waals surface area contributed by atoms with Gasteiger partial charge >= 0.3 is 5.69 Å². The molecule has 2 aromatic heterocycles. The second-order valence-electron chi connectivity index (χ2n) is 6.45. The van der Waals surface area contributed by atoms with Crippen LogP contribution in [0.1, 0.15) is 11.1 Å². The van der Waals surface area contributed by atoms with Crippen molar-refractivity contribution < 1.29 is 4.92 Å². The van der Waals surface area contributed by atoms with Crippen LogP contribution in [0.2, 0.25) is 0 Å². The standard InChI is InChI=1S/C20H18N6O2S/c1-13-7-8-15-16(11-13)29-20(24-15)25-19-17(26(27)28)18(22-12-23-19)21-10-9-14-5-3-2-4-6-14/h2-8,11-12H,9-10H2,1H3,(H2,21,22,23,24,25). The van der Waals surface area contributed by atoms with Crippen LogP contribution in [0.3, 0.4) is 0 Å². The Hall–Kier alpha value is -3.59. The number of benzene rings is 2. The van der Waals surface area contributed by atoms with Gasteiger partial charge < -0.3 is 10.6 Å². The third-order valence-corrected chi connectivity index (χ3v) is 5.26. The van der Waals surface area contributed by atoms with E-state index >= 15 is 0 Å². The predicted octanol–water partition coefficient (Wildman–Crippen LogP) is 4.70. The lowest BCUT2D eigenvalue weighted by Crippen LogP contribution is -2.10. The molecule has 0 aliphatic heterocycles. The highest BCUT2D eigenvalue weighted by molar-refractivity contribution is 7.22. The number of fused-ring (bicyclic) bond motifs is 1. The molecule has 0 unspecified atom stereocenters. The van der Waals surface area contributed by atoms with E-state index in [4.69, 9.17) is 0 Å². The van der Waals surface area contributed by atoms with Crippen LogP contribution in [0.25, 0.3) is 10.2 Å². The maximum Gasteiger partial charge on any atom is 0.353 e. The Kier molecular flexibility index (Phi) is 5.30. The number of nitro groups is 1. The molecule has 2 N–H and O–H groups in total. The zero-order chi connectivity index (χ0) is 20.2. The molecular weight excluding hydrogens is 388 g/mol. The van der Waals surface area contributed by atoms with Gasteiger partial charge in [-0.3, -0.25) is 10.1 Å². The fourth-order valence-electron chi connectivity index (χ4n) is 2.93. The monoisotopic (exact) mass is 406 g/mol. The van der Waals surface area contributed by atoms with Gasteiger partial charge in [-0.15, -0.1) is 0 Å². The van der Waals surface area contributed by atoms with Gasteiger partial charge in [0.05, 0.1) is 15.1 Å². The minimum absolute atomic E-state index is 0.114. The number of nitrogens with zero attached hydrogens (tertiary/aromatic N) is 4. The Balaban J connectivity index is 1.56. The van der Waals surface area contributed by atoms with Crippen molar-refractivity contribution >= 4 is 44.0 Å². The molecule has 2 heterocycles. The lowest BCUT2D eigenvalue weighted by atomic mass is 10.1. The highest BCUT2D eigenvalue weighted by Crippen LogP contribution is 2.34. The van der Waals surface area contributed by atoms with Gasteiger partial charge in [0.25, 0.3) is 0 Å². The van der Waals surface area contributed by atoms with Crippen molar-refractivity contribution in [3.63, 3.8) is 0 Å². The Morgan fingerprint density at radius 1 is 1.10 bits per heavy atom. The second kappa shape index (κ2) is 8.19. The largest absolute Gasteiger partial charge is 0.364 e. The first-order valence-electron chi connectivity index (χ1n) is 9.01. The maximum atomic E-state index is 11.7. The van der Waals surface area contributed by atoms with Gasteiger partial charge in [0, 0.05) is 6.54 Å². The van der Waals surface area contributed by atoms with E-state index in [9.17, 15) is 10.1 Å². The fraction of sp³-hybridized carbons (Fsp3) is 0.150. The van der Waals surface area contributed by atoms with Crippen LogP contribution in [0.4, 0.5) is 22.5 Å². The molecule has 4 aromatic rings. The number of thiazole rings is 1. The fourth-order valence-corrected chi connectivity index (χ4v) is 3.89. The van der Waals surface area contributed by atoms with Crippen molar-refractivity contribution in [3.05, 3.63) is 76.1 Å². The van der Waals surface area contributed by atoms with E-state index in [0.717, 1.165) is 27.8 Å². The molecule has 0 radical (unpaired) electrons. The SMILES string of the molecule is Cc1ccc2nc(Nc3ncnc(NCCc4ccccc4)c3[N+](=O)[O-])sc2c1. The molecule has 0 atom stereocenters. The van der Waals surface area contributed by atoms with Crippen LogP contribution < -0.4 is 10.6 Å². The van der Waals surface area contributed by atoms with E-state index in [0.29, 0.717) is 11.7 Å². The molecule has 8 nitrogen and oxygen atoms in total. The van der Waals surface area contributed by atoms with Gasteiger partial charge in [0.2, 0.25) is 11.6 Å². The molecule has 0 bridgehead atoms. The number of hydrogen-bond donors (Lipinski definition) is 2. The molecule has 0 aliphatic carbocycles. The van der Waals surface area contributed by atoms with Crippen molar-refractivity contribution in [2.24, 2.45) is 0 Å². The minimum Gasteiger partial charge on any atom is -0.364 e. The van der Waals surface area contributed by atoms with Crippen LogP contribution in [0.15, 0.2) is 54.9 Å². The predicted molar refractivity (Wildman–Crippen MR) is 115 cm³/mol. The molecule has 2 aromatic carbocycles. The summed E-state index contributed by atoms with van der Waals surface area (Å²) >= 11 is 1.42. The molecule has 29 heavy (non-hydrogen) atoms. The number of hydrogen-bond acceptors (Lipinski definition) is 8. The summed E-state index contributed by atoms with van der Waals surface area (Å²) in [5.74, 6) is 0.295. The van der Waals surface area contributed by atoms with Gasteiger partial charge in [0.1, 0.15) is 6.33 Å². The molecule has 0 aliphatic rings. The molecule has 0 spiro atoms. The topological polar surface area (TPSA) is 106 Å². The zero-order valence-electron chi connectivity index (χ0n) is 15.6. The second-order valence-corrected chi connectivity index (χ2v) is 7.48. The number of aryl methyl sites for hydroxylation is 1. The average Bonchev–Trinajstić information content (AvgIpc) is 3.10. The maximum absolute atomic E-state index is 11.7. The summed E-state index contributed by atoms with van der Waals surface area (Å²) in [6, 6.07) is 15.8. The van der Waals surface area contributed by atoms with Crippen LogP contribution in [0, 0.1) is 17.0 Å². The average molecular weight is 406 g/mol. The summed E-state index contributed by atoms with van der Waals surface area (Å²) in [6.45, 7) is 2.52. The van der Waals surface area contributed by atoms with Crippen molar-refractivity contribution in [1.82, 2.24) is 15.0 Å². The lowest BCUT2D eigenvalue weighted by molar-refractivity contribution is -0.383. The lowest BCUT2D eigenvalue weighted by Gasteiger charge is -2.09. The number of anilines is 3. The van der Waals surface area contributed by atoms with E-state index < -0.39 is 4.92 Å². The number of nitrogens with one attached hydrogen (secondary N) is 2. The molecule has 146 valence electrons. The molecule has 0 saturated heterocycles. The Morgan fingerprint density at radius 2 is 1.90 bits per heavy atom. The zero-order valence-corrected chi connectivity index (χ0v) is 16.4. The van der Waals surface area contributed by atoms with Gasteiger partial charge in [-0.05, 0) is 36.6 Å². The highest BCUT2D eigenvalue weighted by atomic mass is 32.1. The summed E-state index contributed by atoms with van der Waals surface area (Å²) in [6.07, 6.45) is 2.03. The summed E-state index contributed by atoms with van der Waals surface area (Å²) in [5.41, 5.74) is 2.91. The van der Waals surface area contributed by atoms with Crippen molar-refractivity contribution in [2.45, 2.75) is 13.3 Å². The molecule has 0 amide bonds. The summed E-state index contributed by atoms with van der Waals surface area (Å²) < 4.78 is 1.01. The van der Waals surface area contributed by atoms with Gasteiger partial charge in [0.15, 0.2) is 5.13 Å².